The molecule has 2 aliphatic carbocycles. The molecule has 0 aromatic heterocycles. The lowest BCUT2D eigenvalue weighted by atomic mass is 9.66. The summed E-state index contributed by atoms with van der Waals surface area (Å²) in [5, 5.41) is 11.8. The molecule has 0 atom stereocenters. The lowest BCUT2D eigenvalue weighted by molar-refractivity contribution is -0.143. The SMILES string of the molecule is NCC1(C(=O)NC2(CC(=O)O)CCC2)CCC1. The van der Waals surface area contributed by atoms with Crippen LogP contribution in [0.1, 0.15) is 44.9 Å². The van der Waals surface area contributed by atoms with E-state index in [1.807, 2.05) is 0 Å². The van der Waals surface area contributed by atoms with E-state index in [-0.39, 0.29) is 12.3 Å². The Hall–Kier alpha value is -1.10. The smallest absolute Gasteiger partial charge is 0.305 e. The topological polar surface area (TPSA) is 92.4 Å². The Morgan fingerprint density at radius 1 is 1.18 bits per heavy atom. The van der Waals surface area contributed by atoms with Gasteiger partial charge in [0.2, 0.25) is 5.91 Å². The average molecular weight is 240 g/mol. The third-order valence-corrected chi connectivity index (χ3v) is 4.36. The van der Waals surface area contributed by atoms with Gasteiger partial charge >= 0.3 is 5.97 Å². The normalized spacial score (nSPS) is 24.3. The number of rotatable bonds is 5. The second kappa shape index (κ2) is 4.29. The van der Waals surface area contributed by atoms with Crippen LogP contribution in [0, 0.1) is 5.41 Å². The molecule has 5 heteroatoms. The molecule has 0 heterocycles. The highest BCUT2D eigenvalue weighted by molar-refractivity contribution is 5.85. The summed E-state index contributed by atoms with van der Waals surface area (Å²) in [4.78, 5) is 23.0. The van der Waals surface area contributed by atoms with Crippen LogP contribution < -0.4 is 11.1 Å². The monoisotopic (exact) mass is 240 g/mol. The summed E-state index contributed by atoms with van der Waals surface area (Å²) in [6, 6.07) is 0. The maximum absolute atomic E-state index is 12.2. The van der Waals surface area contributed by atoms with E-state index >= 15 is 0 Å². The fourth-order valence-electron chi connectivity index (χ4n) is 2.74. The van der Waals surface area contributed by atoms with Crippen molar-refractivity contribution in [2.24, 2.45) is 11.1 Å². The second-order valence-electron chi connectivity index (χ2n) is 5.50. The first-order chi connectivity index (χ1) is 8.02. The van der Waals surface area contributed by atoms with E-state index < -0.39 is 16.9 Å². The summed E-state index contributed by atoms with van der Waals surface area (Å²) in [5.74, 6) is -0.882. The van der Waals surface area contributed by atoms with Crippen LogP contribution in [0.15, 0.2) is 0 Å². The van der Waals surface area contributed by atoms with Crippen LogP contribution in [0.4, 0.5) is 0 Å². The van der Waals surface area contributed by atoms with Crippen LogP contribution in [0.3, 0.4) is 0 Å². The molecule has 96 valence electrons. The van der Waals surface area contributed by atoms with Gasteiger partial charge in [-0.05, 0) is 32.1 Å². The number of aliphatic carboxylic acids is 1. The maximum atomic E-state index is 12.2. The number of carbonyl (C=O) groups is 2. The van der Waals surface area contributed by atoms with E-state index in [4.69, 9.17) is 10.8 Å². The summed E-state index contributed by atoms with van der Waals surface area (Å²) >= 11 is 0. The van der Waals surface area contributed by atoms with Crippen LogP contribution in [0.5, 0.6) is 0 Å². The molecule has 5 nitrogen and oxygen atoms in total. The van der Waals surface area contributed by atoms with Crippen molar-refractivity contribution in [3.8, 4) is 0 Å². The standard InChI is InChI=1S/C12H20N2O3/c13-8-11(3-1-4-11)10(17)14-12(5-2-6-12)7-9(15)16/h1-8,13H2,(H,14,17)(H,15,16). The Morgan fingerprint density at radius 2 is 1.76 bits per heavy atom. The number of carboxylic acids is 1. The Morgan fingerprint density at radius 3 is 2.06 bits per heavy atom. The second-order valence-corrected chi connectivity index (χ2v) is 5.50. The minimum Gasteiger partial charge on any atom is -0.481 e. The van der Waals surface area contributed by atoms with Gasteiger partial charge in [0, 0.05) is 6.54 Å². The Labute approximate surface area is 101 Å². The number of carbonyl (C=O) groups excluding carboxylic acids is 1. The van der Waals surface area contributed by atoms with Crippen molar-refractivity contribution in [3.05, 3.63) is 0 Å². The summed E-state index contributed by atoms with van der Waals surface area (Å²) < 4.78 is 0. The van der Waals surface area contributed by atoms with Gasteiger partial charge in [0.15, 0.2) is 0 Å². The molecule has 0 aromatic carbocycles. The molecule has 0 bridgehead atoms. The van der Waals surface area contributed by atoms with Crippen molar-refractivity contribution in [1.82, 2.24) is 5.32 Å². The largest absolute Gasteiger partial charge is 0.481 e. The van der Waals surface area contributed by atoms with Crippen molar-refractivity contribution in [2.75, 3.05) is 6.54 Å². The summed E-state index contributed by atoms with van der Waals surface area (Å²) in [5.41, 5.74) is 4.76. The number of carboxylic acid groups (broad SMARTS) is 1. The molecule has 1 amide bonds. The quantitative estimate of drug-likeness (QED) is 0.657. The highest BCUT2D eigenvalue weighted by Gasteiger charge is 2.48. The molecule has 2 aliphatic rings. The molecule has 17 heavy (non-hydrogen) atoms. The number of hydrogen-bond acceptors (Lipinski definition) is 3. The van der Waals surface area contributed by atoms with E-state index in [0.717, 1.165) is 38.5 Å². The highest BCUT2D eigenvalue weighted by Crippen LogP contribution is 2.42. The zero-order valence-electron chi connectivity index (χ0n) is 10.00. The van der Waals surface area contributed by atoms with Crippen molar-refractivity contribution < 1.29 is 14.7 Å². The van der Waals surface area contributed by atoms with Crippen LogP contribution in [0.2, 0.25) is 0 Å². The molecular formula is C12H20N2O3. The molecule has 0 aromatic rings. The number of nitrogens with one attached hydrogen (secondary N) is 1. The van der Waals surface area contributed by atoms with E-state index in [2.05, 4.69) is 5.32 Å². The van der Waals surface area contributed by atoms with Gasteiger partial charge in [-0.1, -0.05) is 6.42 Å². The molecule has 0 aliphatic heterocycles. The van der Waals surface area contributed by atoms with Crippen LogP contribution in [-0.2, 0) is 9.59 Å². The van der Waals surface area contributed by atoms with Crippen molar-refractivity contribution >= 4 is 11.9 Å². The first-order valence-electron chi connectivity index (χ1n) is 6.26. The van der Waals surface area contributed by atoms with E-state index in [1.165, 1.54) is 0 Å². The Kier molecular flexibility index (Phi) is 3.12. The van der Waals surface area contributed by atoms with Gasteiger partial charge < -0.3 is 16.2 Å². The van der Waals surface area contributed by atoms with Crippen molar-refractivity contribution in [3.63, 3.8) is 0 Å². The minimum absolute atomic E-state index is 0.0272. The Bertz CT molecular complexity index is 327. The summed E-state index contributed by atoms with van der Waals surface area (Å²) in [6.07, 6.45) is 5.26. The fourth-order valence-corrected chi connectivity index (χ4v) is 2.74. The number of hydrogen-bond donors (Lipinski definition) is 3. The predicted molar refractivity (Wildman–Crippen MR) is 62.3 cm³/mol. The average Bonchev–Trinajstić information content (AvgIpc) is 2.12. The van der Waals surface area contributed by atoms with E-state index in [9.17, 15) is 9.59 Å². The van der Waals surface area contributed by atoms with Gasteiger partial charge in [0.25, 0.3) is 0 Å². The van der Waals surface area contributed by atoms with Gasteiger partial charge in [-0.25, -0.2) is 0 Å². The van der Waals surface area contributed by atoms with E-state index in [0.29, 0.717) is 6.54 Å². The fraction of sp³-hybridized carbons (Fsp3) is 0.833. The van der Waals surface area contributed by atoms with Gasteiger partial charge in [-0.15, -0.1) is 0 Å². The van der Waals surface area contributed by atoms with Crippen LogP contribution in [0.25, 0.3) is 0 Å². The van der Waals surface area contributed by atoms with Crippen molar-refractivity contribution in [2.45, 2.75) is 50.5 Å². The van der Waals surface area contributed by atoms with Gasteiger partial charge in [0.1, 0.15) is 0 Å². The molecule has 2 rings (SSSR count). The zero-order valence-corrected chi connectivity index (χ0v) is 10.00. The lowest BCUT2D eigenvalue weighted by Crippen LogP contribution is -2.61. The summed E-state index contributed by atoms with van der Waals surface area (Å²) in [7, 11) is 0. The zero-order chi connectivity index (χ0) is 12.5. The first kappa shape index (κ1) is 12.4. The molecular weight excluding hydrogens is 220 g/mol. The highest BCUT2D eigenvalue weighted by atomic mass is 16.4. The third kappa shape index (κ3) is 2.16. The van der Waals surface area contributed by atoms with E-state index in [1.54, 1.807) is 0 Å². The van der Waals surface area contributed by atoms with Gasteiger partial charge in [0.05, 0.1) is 17.4 Å². The number of amides is 1. The molecule has 0 spiro atoms. The van der Waals surface area contributed by atoms with Crippen molar-refractivity contribution in [1.29, 1.82) is 0 Å². The summed E-state index contributed by atoms with van der Waals surface area (Å²) in [6.45, 7) is 0.363. The number of nitrogens with two attached hydrogens (primary N) is 1. The third-order valence-electron chi connectivity index (χ3n) is 4.36. The molecule has 0 radical (unpaired) electrons. The first-order valence-corrected chi connectivity index (χ1v) is 6.26. The van der Waals surface area contributed by atoms with Gasteiger partial charge in [-0.3, -0.25) is 9.59 Å². The van der Waals surface area contributed by atoms with Crippen LogP contribution in [-0.4, -0.2) is 29.1 Å². The molecule has 4 N–H and O–H groups in total. The molecule has 2 fully saturated rings. The van der Waals surface area contributed by atoms with Gasteiger partial charge in [-0.2, -0.15) is 0 Å². The maximum Gasteiger partial charge on any atom is 0.305 e. The predicted octanol–water partition coefficient (Wildman–Crippen LogP) is 0.629. The molecule has 0 saturated heterocycles. The molecule has 0 unspecified atom stereocenters. The minimum atomic E-state index is -0.847. The Balaban J connectivity index is 1.99. The molecule has 2 saturated carbocycles. The lowest BCUT2D eigenvalue weighted by Gasteiger charge is -2.47. The van der Waals surface area contributed by atoms with Crippen LogP contribution >= 0.6 is 0 Å².